The fraction of sp³-hybridized carbons (Fsp3) is 0.286. The third-order valence-electron chi connectivity index (χ3n) is 2.88. The Bertz CT molecular complexity index is 510. The van der Waals surface area contributed by atoms with E-state index in [4.69, 9.17) is 5.73 Å². The summed E-state index contributed by atoms with van der Waals surface area (Å²) in [4.78, 5) is 10.7. The highest BCUT2D eigenvalue weighted by molar-refractivity contribution is 5.52. The minimum atomic E-state index is 0.705. The maximum absolute atomic E-state index is 5.73. The molecule has 4 nitrogen and oxygen atoms in total. The van der Waals surface area contributed by atoms with Crippen LogP contribution in [0.2, 0.25) is 0 Å². The highest BCUT2D eigenvalue weighted by Crippen LogP contribution is 2.20. The zero-order valence-electron chi connectivity index (χ0n) is 10.8. The molecule has 2 aromatic rings. The van der Waals surface area contributed by atoms with E-state index in [1.54, 1.807) is 6.20 Å². The zero-order chi connectivity index (χ0) is 13.0. The molecular formula is C14H18N4. The number of hydrogen-bond acceptors (Lipinski definition) is 4. The summed E-state index contributed by atoms with van der Waals surface area (Å²) in [6.45, 7) is 5.89. The van der Waals surface area contributed by atoms with E-state index < -0.39 is 0 Å². The lowest BCUT2D eigenvalue weighted by atomic mass is 10.2. The van der Waals surface area contributed by atoms with Crippen molar-refractivity contribution < 1.29 is 0 Å². The van der Waals surface area contributed by atoms with Crippen molar-refractivity contribution in [2.45, 2.75) is 20.4 Å². The number of nitrogens with two attached hydrogens (primary N) is 1. The van der Waals surface area contributed by atoms with Crippen molar-refractivity contribution in [3.63, 3.8) is 0 Å². The Morgan fingerprint density at radius 3 is 2.61 bits per heavy atom. The maximum Gasteiger partial charge on any atom is 0.131 e. The smallest absolute Gasteiger partial charge is 0.131 e. The van der Waals surface area contributed by atoms with E-state index in [0.29, 0.717) is 5.69 Å². The minimum absolute atomic E-state index is 0.705. The molecule has 0 aliphatic heterocycles. The van der Waals surface area contributed by atoms with E-state index in [0.717, 1.165) is 24.5 Å². The van der Waals surface area contributed by atoms with Crippen LogP contribution in [0.1, 0.15) is 18.1 Å². The average molecular weight is 242 g/mol. The first-order chi connectivity index (χ1) is 8.70. The Hall–Kier alpha value is -2.10. The van der Waals surface area contributed by atoms with Crippen LogP contribution in [0.4, 0.5) is 11.5 Å². The fourth-order valence-electron chi connectivity index (χ4n) is 1.97. The molecule has 0 bridgehead atoms. The number of anilines is 2. The SMILES string of the molecule is CCN(Cc1ccncc1)c1ncc(N)cc1C. The number of aromatic nitrogens is 2. The first kappa shape index (κ1) is 12.4. The Balaban J connectivity index is 2.23. The van der Waals surface area contributed by atoms with Gasteiger partial charge < -0.3 is 10.6 Å². The Morgan fingerprint density at radius 2 is 2.00 bits per heavy atom. The third-order valence-corrected chi connectivity index (χ3v) is 2.88. The molecule has 4 heteroatoms. The number of nitrogens with zero attached hydrogens (tertiary/aromatic N) is 3. The van der Waals surface area contributed by atoms with Gasteiger partial charge in [0, 0.05) is 25.5 Å². The lowest BCUT2D eigenvalue weighted by molar-refractivity contribution is 0.808. The monoisotopic (exact) mass is 242 g/mol. The van der Waals surface area contributed by atoms with Gasteiger partial charge in [0.1, 0.15) is 5.82 Å². The molecule has 0 unspecified atom stereocenters. The molecule has 0 spiro atoms. The van der Waals surface area contributed by atoms with Gasteiger partial charge in [-0.25, -0.2) is 4.98 Å². The predicted octanol–water partition coefficient (Wildman–Crippen LogP) is 2.39. The number of hydrogen-bond donors (Lipinski definition) is 1. The van der Waals surface area contributed by atoms with Crippen LogP contribution in [0, 0.1) is 6.92 Å². The van der Waals surface area contributed by atoms with Crippen LogP contribution in [0.3, 0.4) is 0 Å². The number of rotatable bonds is 4. The van der Waals surface area contributed by atoms with Gasteiger partial charge in [-0.05, 0) is 43.2 Å². The summed E-state index contributed by atoms with van der Waals surface area (Å²) < 4.78 is 0. The lowest BCUT2D eigenvalue weighted by Crippen LogP contribution is -2.24. The summed E-state index contributed by atoms with van der Waals surface area (Å²) in [6, 6.07) is 6.00. The van der Waals surface area contributed by atoms with Crippen LogP contribution in [-0.4, -0.2) is 16.5 Å². The topological polar surface area (TPSA) is 55.0 Å². The highest BCUT2D eigenvalue weighted by Gasteiger charge is 2.09. The largest absolute Gasteiger partial charge is 0.397 e. The van der Waals surface area contributed by atoms with Gasteiger partial charge in [0.25, 0.3) is 0 Å². The van der Waals surface area contributed by atoms with E-state index in [-0.39, 0.29) is 0 Å². The maximum atomic E-state index is 5.73. The summed E-state index contributed by atoms with van der Waals surface area (Å²) in [5.41, 5.74) is 8.77. The second kappa shape index (κ2) is 5.49. The Kier molecular flexibility index (Phi) is 3.77. The number of pyridine rings is 2. The summed E-state index contributed by atoms with van der Waals surface area (Å²) in [6.07, 6.45) is 5.33. The van der Waals surface area contributed by atoms with Gasteiger partial charge in [0.2, 0.25) is 0 Å². The molecular weight excluding hydrogens is 224 g/mol. The van der Waals surface area contributed by atoms with Crippen LogP contribution < -0.4 is 10.6 Å². The van der Waals surface area contributed by atoms with Gasteiger partial charge in [0.15, 0.2) is 0 Å². The van der Waals surface area contributed by atoms with Crippen molar-refractivity contribution in [1.82, 2.24) is 9.97 Å². The van der Waals surface area contributed by atoms with Crippen molar-refractivity contribution in [2.75, 3.05) is 17.2 Å². The number of nitrogen functional groups attached to an aromatic ring is 1. The van der Waals surface area contributed by atoms with Gasteiger partial charge in [-0.1, -0.05) is 0 Å². The van der Waals surface area contributed by atoms with Crippen molar-refractivity contribution in [1.29, 1.82) is 0 Å². The molecule has 2 N–H and O–H groups in total. The summed E-state index contributed by atoms with van der Waals surface area (Å²) in [7, 11) is 0. The molecule has 0 aromatic carbocycles. The fourth-order valence-corrected chi connectivity index (χ4v) is 1.97. The van der Waals surface area contributed by atoms with E-state index >= 15 is 0 Å². The second-order valence-corrected chi connectivity index (χ2v) is 4.28. The van der Waals surface area contributed by atoms with Gasteiger partial charge in [0.05, 0.1) is 11.9 Å². The van der Waals surface area contributed by atoms with Crippen molar-refractivity contribution >= 4 is 11.5 Å². The Labute approximate surface area is 107 Å². The molecule has 0 fully saturated rings. The molecule has 2 rings (SSSR count). The van der Waals surface area contributed by atoms with Gasteiger partial charge in [-0.15, -0.1) is 0 Å². The molecule has 0 saturated carbocycles. The normalized spacial score (nSPS) is 10.3. The summed E-state index contributed by atoms with van der Waals surface area (Å²) >= 11 is 0. The van der Waals surface area contributed by atoms with Crippen molar-refractivity contribution in [2.24, 2.45) is 0 Å². The molecule has 0 amide bonds. The van der Waals surface area contributed by atoms with E-state index in [2.05, 4.69) is 21.8 Å². The second-order valence-electron chi connectivity index (χ2n) is 4.28. The highest BCUT2D eigenvalue weighted by atomic mass is 15.2. The molecule has 0 saturated heterocycles. The van der Waals surface area contributed by atoms with Gasteiger partial charge >= 0.3 is 0 Å². The molecule has 18 heavy (non-hydrogen) atoms. The van der Waals surface area contributed by atoms with Crippen LogP contribution in [0.5, 0.6) is 0 Å². The molecule has 2 heterocycles. The molecule has 94 valence electrons. The average Bonchev–Trinajstić information content (AvgIpc) is 2.38. The molecule has 0 atom stereocenters. The molecule has 0 aliphatic carbocycles. The van der Waals surface area contributed by atoms with E-state index in [1.807, 2.05) is 37.5 Å². The van der Waals surface area contributed by atoms with Crippen molar-refractivity contribution in [3.8, 4) is 0 Å². The minimum Gasteiger partial charge on any atom is -0.397 e. The molecule has 0 radical (unpaired) electrons. The van der Waals surface area contributed by atoms with Gasteiger partial charge in [-0.3, -0.25) is 4.98 Å². The first-order valence-corrected chi connectivity index (χ1v) is 6.06. The summed E-state index contributed by atoms with van der Waals surface area (Å²) in [5.74, 6) is 0.989. The Morgan fingerprint density at radius 1 is 1.28 bits per heavy atom. The van der Waals surface area contributed by atoms with E-state index in [9.17, 15) is 0 Å². The molecule has 0 aliphatic rings. The first-order valence-electron chi connectivity index (χ1n) is 6.06. The molecule has 2 aromatic heterocycles. The van der Waals surface area contributed by atoms with Gasteiger partial charge in [-0.2, -0.15) is 0 Å². The van der Waals surface area contributed by atoms with Crippen LogP contribution in [0.15, 0.2) is 36.8 Å². The quantitative estimate of drug-likeness (QED) is 0.894. The zero-order valence-corrected chi connectivity index (χ0v) is 10.8. The standard InChI is InChI=1S/C14H18N4/c1-3-18(10-12-4-6-16-7-5-12)14-11(2)8-13(15)9-17-14/h4-9H,3,10,15H2,1-2H3. The van der Waals surface area contributed by atoms with Crippen LogP contribution in [-0.2, 0) is 6.54 Å². The lowest BCUT2D eigenvalue weighted by Gasteiger charge is -2.23. The number of aryl methyl sites for hydroxylation is 1. The predicted molar refractivity (Wildman–Crippen MR) is 74.3 cm³/mol. The van der Waals surface area contributed by atoms with Crippen molar-refractivity contribution in [3.05, 3.63) is 47.9 Å². The van der Waals surface area contributed by atoms with Crippen LogP contribution in [0.25, 0.3) is 0 Å². The van der Waals surface area contributed by atoms with E-state index in [1.165, 1.54) is 5.56 Å². The summed E-state index contributed by atoms with van der Waals surface area (Å²) in [5, 5.41) is 0. The van der Waals surface area contributed by atoms with Crippen LogP contribution >= 0.6 is 0 Å². The third kappa shape index (κ3) is 2.77.